The summed E-state index contributed by atoms with van der Waals surface area (Å²) in [6, 6.07) is 8.34. The van der Waals surface area contributed by atoms with E-state index < -0.39 is 18.5 Å². The van der Waals surface area contributed by atoms with Crippen LogP contribution in [0.4, 0.5) is 5.69 Å². The van der Waals surface area contributed by atoms with Gasteiger partial charge in [-0.1, -0.05) is 11.4 Å². The Balaban J connectivity index is 1.87. The van der Waals surface area contributed by atoms with E-state index in [1.807, 2.05) is 13.0 Å². The Morgan fingerprint density at radius 3 is 2.73 bits per heavy atom. The van der Waals surface area contributed by atoms with Crippen molar-refractivity contribution in [2.75, 3.05) is 11.9 Å². The zero-order valence-electron chi connectivity index (χ0n) is 11.7. The fourth-order valence-electron chi connectivity index (χ4n) is 1.62. The summed E-state index contributed by atoms with van der Waals surface area (Å²) < 4.78 is 8.62. The Morgan fingerprint density at radius 2 is 2.09 bits per heavy atom. The van der Waals surface area contributed by atoms with E-state index in [0.717, 1.165) is 11.5 Å². The van der Waals surface area contributed by atoms with Gasteiger partial charge >= 0.3 is 5.97 Å². The van der Waals surface area contributed by atoms with Gasteiger partial charge in [0.25, 0.3) is 5.91 Å². The van der Waals surface area contributed by atoms with Crippen LogP contribution in [0.3, 0.4) is 0 Å². The summed E-state index contributed by atoms with van der Waals surface area (Å²) in [5.74, 6) is -1.07. The lowest BCUT2D eigenvalue weighted by Gasteiger charge is -2.06. The molecule has 0 radical (unpaired) electrons. The van der Waals surface area contributed by atoms with E-state index in [9.17, 15) is 9.59 Å². The number of anilines is 1. The van der Waals surface area contributed by atoms with Crippen molar-refractivity contribution in [2.24, 2.45) is 0 Å². The third-order valence-corrected chi connectivity index (χ3v) is 3.46. The minimum atomic E-state index is -0.609. The van der Waals surface area contributed by atoms with Crippen LogP contribution in [-0.4, -0.2) is 28.1 Å². The zero-order valence-corrected chi connectivity index (χ0v) is 12.5. The van der Waals surface area contributed by atoms with Gasteiger partial charge in [0.05, 0.1) is 17.3 Å². The number of nitrogens with zero attached hydrogens (tertiary/aromatic N) is 3. The molecule has 0 bridgehead atoms. The first-order valence-corrected chi connectivity index (χ1v) is 7.19. The highest BCUT2D eigenvalue weighted by Gasteiger charge is 2.17. The molecule has 1 aromatic heterocycles. The Morgan fingerprint density at radius 1 is 1.36 bits per heavy atom. The number of carbonyl (C=O) groups excluding carboxylic acids is 2. The number of carbonyl (C=O) groups is 2. The number of benzene rings is 1. The average Bonchev–Trinajstić information content (AvgIpc) is 3.02. The first-order valence-electron chi connectivity index (χ1n) is 6.42. The van der Waals surface area contributed by atoms with Gasteiger partial charge in [-0.3, -0.25) is 4.79 Å². The largest absolute Gasteiger partial charge is 0.451 e. The van der Waals surface area contributed by atoms with E-state index in [2.05, 4.69) is 14.9 Å². The normalized spacial score (nSPS) is 9.82. The number of hydrogen-bond acceptors (Lipinski definition) is 7. The van der Waals surface area contributed by atoms with Gasteiger partial charge in [-0.25, -0.2) is 4.79 Å². The monoisotopic (exact) mass is 316 g/mol. The molecule has 112 valence electrons. The van der Waals surface area contributed by atoms with Crippen LogP contribution in [-0.2, 0) is 16.0 Å². The molecule has 1 N–H and O–H groups in total. The van der Waals surface area contributed by atoms with Crippen LogP contribution in [0.1, 0.15) is 27.9 Å². The molecule has 7 nitrogen and oxygen atoms in total. The molecule has 0 saturated carbocycles. The van der Waals surface area contributed by atoms with E-state index >= 15 is 0 Å². The molecule has 0 fully saturated rings. The first kappa shape index (κ1) is 15.6. The summed E-state index contributed by atoms with van der Waals surface area (Å²) in [7, 11) is 0. The molecule has 2 rings (SSSR count). The molecule has 0 aliphatic carbocycles. The van der Waals surface area contributed by atoms with Gasteiger partial charge in [0.15, 0.2) is 11.5 Å². The zero-order chi connectivity index (χ0) is 15.9. The second-order valence-corrected chi connectivity index (χ2v) is 4.97. The smallest absolute Gasteiger partial charge is 0.352 e. The van der Waals surface area contributed by atoms with Gasteiger partial charge in [0.1, 0.15) is 0 Å². The van der Waals surface area contributed by atoms with E-state index in [1.165, 1.54) is 0 Å². The number of hydrogen-bond donors (Lipinski definition) is 1. The molecule has 0 atom stereocenters. The van der Waals surface area contributed by atoms with Crippen molar-refractivity contribution >= 4 is 29.1 Å². The highest BCUT2D eigenvalue weighted by molar-refractivity contribution is 7.07. The average molecular weight is 316 g/mol. The molecule has 0 unspecified atom stereocenters. The number of aromatic nitrogens is 2. The van der Waals surface area contributed by atoms with Gasteiger partial charge in [-0.15, -0.1) is 5.10 Å². The molecular formula is C14H12N4O3S. The van der Waals surface area contributed by atoms with Crippen LogP contribution in [0.2, 0.25) is 0 Å². The summed E-state index contributed by atoms with van der Waals surface area (Å²) >= 11 is 0.944. The van der Waals surface area contributed by atoms with Crippen LogP contribution in [0.25, 0.3) is 0 Å². The fourth-order valence-corrected chi connectivity index (χ4v) is 2.26. The molecule has 0 aliphatic rings. The Kier molecular flexibility index (Phi) is 5.16. The summed E-state index contributed by atoms with van der Waals surface area (Å²) in [6.45, 7) is 1.45. The second kappa shape index (κ2) is 7.28. The number of nitriles is 1. The van der Waals surface area contributed by atoms with Crippen LogP contribution < -0.4 is 5.32 Å². The molecule has 8 heteroatoms. The molecule has 1 amide bonds. The number of rotatable bonds is 5. The highest BCUT2D eigenvalue weighted by Crippen LogP contribution is 2.13. The summed E-state index contributed by atoms with van der Waals surface area (Å²) in [4.78, 5) is 23.8. The van der Waals surface area contributed by atoms with Gasteiger partial charge in [0.2, 0.25) is 0 Å². The molecule has 1 heterocycles. The molecular weight excluding hydrogens is 304 g/mol. The molecule has 0 aliphatic heterocycles. The summed E-state index contributed by atoms with van der Waals surface area (Å²) in [5, 5.41) is 15.1. The van der Waals surface area contributed by atoms with Crippen molar-refractivity contribution < 1.29 is 14.3 Å². The SMILES string of the molecule is CCc1nnsc1C(=O)OCC(=O)Nc1ccc(C#N)cc1. The van der Waals surface area contributed by atoms with E-state index in [4.69, 9.17) is 10.00 Å². The molecule has 22 heavy (non-hydrogen) atoms. The topological polar surface area (TPSA) is 105 Å². The van der Waals surface area contributed by atoms with Crippen molar-refractivity contribution in [1.82, 2.24) is 9.59 Å². The minimum absolute atomic E-state index is 0.314. The van der Waals surface area contributed by atoms with Crippen LogP contribution in [0.15, 0.2) is 24.3 Å². The third-order valence-electron chi connectivity index (χ3n) is 2.71. The van der Waals surface area contributed by atoms with Gasteiger partial charge < -0.3 is 10.1 Å². The first-order chi connectivity index (χ1) is 10.6. The highest BCUT2D eigenvalue weighted by atomic mass is 32.1. The van der Waals surface area contributed by atoms with Gasteiger partial charge in [-0.05, 0) is 42.2 Å². The minimum Gasteiger partial charge on any atom is -0.451 e. The van der Waals surface area contributed by atoms with E-state index in [0.29, 0.717) is 28.2 Å². The predicted octanol–water partition coefficient (Wildman–Crippen LogP) is 1.77. The third kappa shape index (κ3) is 3.86. The van der Waals surface area contributed by atoms with Crippen molar-refractivity contribution in [3.63, 3.8) is 0 Å². The Bertz CT molecular complexity index is 718. The van der Waals surface area contributed by atoms with E-state index in [-0.39, 0.29) is 0 Å². The Hall–Kier alpha value is -2.79. The Labute approximate surface area is 130 Å². The van der Waals surface area contributed by atoms with Crippen molar-refractivity contribution in [3.05, 3.63) is 40.4 Å². The predicted molar refractivity (Wildman–Crippen MR) is 79.4 cm³/mol. The molecule has 2 aromatic rings. The maximum atomic E-state index is 11.8. The number of aryl methyl sites for hydroxylation is 1. The number of ether oxygens (including phenoxy) is 1. The van der Waals surface area contributed by atoms with Crippen LogP contribution in [0, 0.1) is 11.3 Å². The quantitative estimate of drug-likeness (QED) is 0.843. The van der Waals surface area contributed by atoms with Crippen LogP contribution in [0.5, 0.6) is 0 Å². The maximum Gasteiger partial charge on any atom is 0.352 e. The molecule has 0 saturated heterocycles. The standard InChI is InChI=1S/C14H12N4O3S/c1-2-11-13(22-18-17-11)14(20)21-8-12(19)16-10-5-3-9(7-15)4-6-10/h3-6H,2,8H2,1H3,(H,16,19). The lowest BCUT2D eigenvalue weighted by molar-refractivity contribution is -0.119. The van der Waals surface area contributed by atoms with Crippen molar-refractivity contribution in [1.29, 1.82) is 5.26 Å². The molecule has 0 spiro atoms. The van der Waals surface area contributed by atoms with E-state index in [1.54, 1.807) is 24.3 Å². The number of nitrogens with one attached hydrogen (secondary N) is 1. The van der Waals surface area contributed by atoms with Gasteiger partial charge in [0, 0.05) is 5.69 Å². The molecule has 1 aromatic carbocycles. The summed E-state index contributed by atoms with van der Waals surface area (Å²) in [5.41, 5.74) is 1.57. The maximum absolute atomic E-state index is 11.8. The van der Waals surface area contributed by atoms with Crippen LogP contribution >= 0.6 is 11.5 Å². The van der Waals surface area contributed by atoms with Gasteiger partial charge in [-0.2, -0.15) is 5.26 Å². The van der Waals surface area contributed by atoms with Crippen molar-refractivity contribution in [2.45, 2.75) is 13.3 Å². The number of amides is 1. The second-order valence-electron chi connectivity index (χ2n) is 4.22. The summed E-state index contributed by atoms with van der Waals surface area (Å²) in [6.07, 6.45) is 0.568. The lowest BCUT2D eigenvalue weighted by atomic mass is 10.2. The lowest BCUT2D eigenvalue weighted by Crippen LogP contribution is -2.21. The fraction of sp³-hybridized carbons (Fsp3) is 0.214. The number of esters is 1. The van der Waals surface area contributed by atoms with Crippen molar-refractivity contribution in [3.8, 4) is 6.07 Å².